The number of halogens is 1. The van der Waals surface area contributed by atoms with E-state index in [2.05, 4.69) is 105 Å². The van der Waals surface area contributed by atoms with Gasteiger partial charge >= 0.3 is 0 Å². The summed E-state index contributed by atoms with van der Waals surface area (Å²) in [6.45, 7) is 0. The normalized spacial score (nSPS) is 11.3. The molecular formula is C39H25BrN4. The molecule has 8 aromatic rings. The summed E-state index contributed by atoms with van der Waals surface area (Å²) in [4.78, 5) is 14.9. The summed E-state index contributed by atoms with van der Waals surface area (Å²) in [6, 6.07) is 52.2. The molecule has 2 heterocycles. The zero-order valence-electron chi connectivity index (χ0n) is 23.6. The van der Waals surface area contributed by atoms with Crippen molar-refractivity contribution in [2.75, 3.05) is 0 Å². The molecule has 0 amide bonds. The minimum Gasteiger partial charge on any atom is -0.309 e. The van der Waals surface area contributed by atoms with E-state index in [1.165, 1.54) is 10.8 Å². The predicted octanol–water partition coefficient (Wildman–Crippen LogP) is 10.4. The van der Waals surface area contributed by atoms with Crippen molar-refractivity contribution >= 4 is 37.7 Å². The summed E-state index contributed by atoms with van der Waals surface area (Å²) in [5.74, 6) is 1.93. The van der Waals surface area contributed by atoms with E-state index in [9.17, 15) is 0 Å². The Morgan fingerprint density at radius 3 is 1.61 bits per heavy atom. The Hall–Kier alpha value is -5.39. The molecule has 0 saturated heterocycles. The number of para-hydroxylation sites is 2. The minimum absolute atomic E-state index is 0.635. The molecule has 0 unspecified atom stereocenters. The maximum Gasteiger partial charge on any atom is 0.164 e. The van der Waals surface area contributed by atoms with E-state index >= 15 is 0 Å². The summed E-state index contributed by atoms with van der Waals surface area (Å²) in [5, 5.41) is 2.37. The van der Waals surface area contributed by atoms with Crippen molar-refractivity contribution < 1.29 is 0 Å². The van der Waals surface area contributed by atoms with E-state index in [0.717, 1.165) is 49.0 Å². The molecule has 4 nitrogen and oxygen atoms in total. The second-order valence-electron chi connectivity index (χ2n) is 10.6. The van der Waals surface area contributed by atoms with Gasteiger partial charge in [0.25, 0.3) is 0 Å². The highest BCUT2D eigenvalue weighted by Gasteiger charge is 2.18. The van der Waals surface area contributed by atoms with E-state index in [-0.39, 0.29) is 0 Å². The number of fused-ring (bicyclic) bond motifs is 3. The van der Waals surface area contributed by atoms with Crippen molar-refractivity contribution in [3.05, 3.63) is 156 Å². The molecule has 0 bridgehead atoms. The monoisotopic (exact) mass is 628 g/mol. The maximum atomic E-state index is 5.00. The molecule has 0 saturated carbocycles. The first-order valence-electron chi connectivity index (χ1n) is 14.5. The highest BCUT2D eigenvalue weighted by Crippen LogP contribution is 2.39. The van der Waals surface area contributed by atoms with Crippen LogP contribution in [0.5, 0.6) is 0 Å². The van der Waals surface area contributed by atoms with Gasteiger partial charge in [0.05, 0.1) is 16.7 Å². The third kappa shape index (κ3) is 4.59. The van der Waals surface area contributed by atoms with Gasteiger partial charge in [-0.1, -0.05) is 143 Å². The molecule has 2 aromatic heterocycles. The van der Waals surface area contributed by atoms with Gasteiger partial charge < -0.3 is 4.57 Å². The number of hydrogen-bond acceptors (Lipinski definition) is 3. The van der Waals surface area contributed by atoms with Crippen LogP contribution < -0.4 is 0 Å². The topological polar surface area (TPSA) is 43.6 Å². The summed E-state index contributed by atoms with van der Waals surface area (Å²) in [5.41, 5.74) is 8.45. The van der Waals surface area contributed by atoms with Crippen LogP contribution in [0.25, 0.3) is 72.8 Å². The van der Waals surface area contributed by atoms with Gasteiger partial charge in [0.1, 0.15) is 0 Å². The lowest BCUT2D eigenvalue weighted by atomic mass is 10.0. The van der Waals surface area contributed by atoms with Crippen LogP contribution >= 0.6 is 15.9 Å². The lowest BCUT2D eigenvalue weighted by molar-refractivity contribution is 1.07. The molecule has 0 N–H and O–H groups in total. The Morgan fingerprint density at radius 2 is 0.932 bits per heavy atom. The molecule has 0 aliphatic rings. The van der Waals surface area contributed by atoms with Crippen LogP contribution in [0, 0.1) is 0 Å². The second kappa shape index (κ2) is 11.0. The molecule has 0 aliphatic carbocycles. The van der Waals surface area contributed by atoms with Crippen LogP contribution in [-0.2, 0) is 0 Å². The molecule has 44 heavy (non-hydrogen) atoms. The molecule has 5 heteroatoms. The zero-order chi connectivity index (χ0) is 29.5. The molecule has 0 radical (unpaired) electrons. The first-order chi connectivity index (χ1) is 21.7. The van der Waals surface area contributed by atoms with Gasteiger partial charge in [-0.05, 0) is 29.8 Å². The predicted molar refractivity (Wildman–Crippen MR) is 184 cm³/mol. The Kier molecular flexibility index (Phi) is 6.58. The van der Waals surface area contributed by atoms with Gasteiger partial charge in [-0.3, -0.25) is 0 Å². The van der Waals surface area contributed by atoms with Gasteiger partial charge in [-0.15, -0.1) is 0 Å². The fraction of sp³-hybridized carbons (Fsp3) is 0. The molecule has 0 aliphatic heterocycles. The highest BCUT2D eigenvalue weighted by atomic mass is 79.9. The third-order valence-corrected chi connectivity index (χ3v) is 8.63. The molecule has 0 fully saturated rings. The molecule has 8 rings (SSSR count). The van der Waals surface area contributed by atoms with Crippen molar-refractivity contribution in [3.8, 4) is 51.0 Å². The zero-order valence-corrected chi connectivity index (χ0v) is 25.2. The van der Waals surface area contributed by atoms with Gasteiger partial charge in [0.2, 0.25) is 0 Å². The van der Waals surface area contributed by atoms with Crippen LogP contribution in [-0.4, -0.2) is 19.5 Å². The highest BCUT2D eigenvalue weighted by molar-refractivity contribution is 9.10. The lowest BCUT2D eigenvalue weighted by Crippen LogP contribution is -2.01. The third-order valence-electron chi connectivity index (χ3n) is 7.94. The summed E-state index contributed by atoms with van der Waals surface area (Å²) >= 11 is 3.79. The molecule has 0 spiro atoms. The number of aromatic nitrogens is 4. The average molecular weight is 630 g/mol. The van der Waals surface area contributed by atoms with Crippen molar-refractivity contribution in [2.45, 2.75) is 0 Å². The summed E-state index contributed by atoms with van der Waals surface area (Å²) in [6.07, 6.45) is 0. The van der Waals surface area contributed by atoms with Crippen LogP contribution in [0.3, 0.4) is 0 Å². The van der Waals surface area contributed by atoms with Gasteiger partial charge in [0, 0.05) is 37.5 Å². The molecule has 208 valence electrons. The molecule has 0 atom stereocenters. The van der Waals surface area contributed by atoms with Gasteiger partial charge in [0.15, 0.2) is 17.5 Å². The van der Waals surface area contributed by atoms with Crippen molar-refractivity contribution in [1.29, 1.82) is 0 Å². The van der Waals surface area contributed by atoms with E-state index in [0.29, 0.717) is 17.5 Å². The van der Waals surface area contributed by atoms with Crippen LogP contribution in [0.1, 0.15) is 0 Å². The fourth-order valence-electron chi connectivity index (χ4n) is 5.88. The van der Waals surface area contributed by atoms with Crippen LogP contribution in [0.2, 0.25) is 0 Å². The van der Waals surface area contributed by atoms with Crippen molar-refractivity contribution in [2.24, 2.45) is 0 Å². The van der Waals surface area contributed by atoms with E-state index in [4.69, 9.17) is 15.0 Å². The van der Waals surface area contributed by atoms with Crippen LogP contribution in [0.4, 0.5) is 0 Å². The maximum absolute atomic E-state index is 5.00. The summed E-state index contributed by atoms with van der Waals surface area (Å²) in [7, 11) is 0. The number of rotatable bonds is 5. The second-order valence-corrected chi connectivity index (χ2v) is 11.5. The fourth-order valence-corrected chi connectivity index (χ4v) is 6.38. The van der Waals surface area contributed by atoms with Gasteiger partial charge in [-0.2, -0.15) is 0 Å². The molecular weight excluding hydrogens is 604 g/mol. The van der Waals surface area contributed by atoms with E-state index in [1.54, 1.807) is 0 Å². The SMILES string of the molecule is Brc1ccccc1-c1ccccc1-n1c2ccccc2c2ccc(-c3nc(-c4ccccc4)nc(-c4ccccc4)n3)cc21. The number of nitrogens with zero attached hydrogens (tertiary/aromatic N) is 4. The van der Waals surface area contributed by atoms with Crippen molar-refractivity contribution in [1.82, 2.24) is 19.5 Å². The molecule has 6 aromatic carbocycles. The van der Waals surface area contributed by atoms with Crippen LogP contribution in [0.15, 0.2) is 156 Å². The lowest BCUT2D eigenvalue weighted by Gasteiger charge is -2.15. The smallest absolute Gasteiger partial charge is 0.164 e. The standard InChI is InChI=1S/C39H25BrN4/c40-33-20-10-7-17-29(33)30-18-8-11-21-34(30)44-35-22-12-9-19-31(35)32-24-23-28(25-36(32)44)39-42-37(26-13-3-1-4-14-26)41-38(43-39)27-15-5-2-6-16-27/h1-25H. The van der Waals surface area contributed by atoms with E-state index < -0.39 is 0 Å². The summed E-state index contributed by atoms with van der Waals surface area (Å²) < 4.78 is 3.42. The largest absolute Gasteiger partial charge is 0.309 e. The number of hydrogen-bond donors (Lipinski definition) is 0. The average Bonchev–Trinajstić information content (AvgIpc) is 3.42. The van der Waals surface area contributed by atoms with Gasteiger partial charge in [-0.25, -0.2) is 15.0 Å². The number of benzene rings is 6. The first-order valence-corrected chi connectivity index (χ1v) is 15.3. The Bertz CT molecular complexity index is 2230. The van der Waals surface area contributed by atoms with Crippen molar-refractivity contribution in [3.63, 3.8) is 0 Å². The Labute approximate surface area is 263 Å². The minimum atomic E-state index is 0.635. The van der Waals surface area contributed by atoms with E-state index in [1.807, 2.05) is 66.7 Å². The Morgan fingerprint density at radius 1 is 0.409 bits per heavy atom. The quantitative estimate of drug-likeness (QED) is 0.190. The first kappa shape index (κ1) is 26.3. The Balaban J connectivity index is 1.39.